The Labute approximate surface area is 118 Å². The fraction of sp³-hybridized carbons (Fsp3) is 0.333. The van der Waals surface area contributed by atoms with E-state index >= 15 is 0 Å². The van der Waals surface area contributed by atoms with Crippen molar-refractivity contribution in [3.05, 3.63) is 46.9 Å². The lowest BCUT2D eigenvalue weighted by molar-refractivity contribution is 0.354. The molecule has 5 nitrogen and oxygen atoms in total. The fourth-order valence-electron chi connectivity index (χ4n) is 2.34. The van der Waals surface area contributed by atoms with Gasteiger partial charge in [0, 0.05) is 5.56 Å². The van der Waals surface area contributed by atoms with E-state index in [0.29, 0.717) is 11.5 Å². The third-order valence-electron chi connectivity index (χ3n) is 3.30. The summed E-state index contributed by atoms with van der Waals surface area (Å²) in [5.41, 5.74) is 4.81. The summed E-state index contributed by atoms with van der Waals surface area (Å²) in [6.45, 7) is 3.84. The highest BCUT2D eigenvalue weighted by Gasteiger charge is 2.19. The Hall–Kier alpha value is -1.98. The van der Waals surface area contributed by atoms with Crippen LogP contribution in [0.15, 0.2) is 28.7 Å². The molecule has 1 atom stereocenters. The average Bonchev–Trinajstić information content (AvgIpc) is 2.78. The van der Waals surface area contributed by atoms with E-state index < -0.39 is 0 Å². The summed E-state index contributed by atoms with van der Waals surface area (Å²) in [4.78, 5) is 0. The Balaban J connectivity index is 2.44. The van der Waals surface area contributed by atoms with E-state index in [2.05, 4.69) is 5.43 Å². The van der Waals surface area contributed by atoms with Gasteiger partial charge in [-0.25, -0.2) is 5.43 Å². The maximum atomic E-state index is 5.71. The number of nitrogens with two attached hydrogens (primary N) is 1. The third kappa shape index (κ3) is 2.64. The van der Waals surface area contributed by atoms with E-state index in [9.17, 15) is 0 Å². The zero-order chi connectivity index (χ0) is 14.7. The molecule has 1 unspecified atom stereocenters. The monoisotopic (exact) mass is 276 g/mol. The van der Waals surface area contributed by atoms with Gasteiger partial charge < -0.3 is 13.9 Å². The second-order valence-corrected chi connectivity index (χ2v) is 4.58. The van der Waals surface area contributed by atoms with Crippen molar-refractivity contribution in [3.63, 3.8) is 0 Å². The molecule has 1 aromatic carbocycles. The van der Waals surface area contributed by atoms with Crippen LogP contribution in [0.25, 0.3) is 0 Å². The molecule has 108 valence electrons. The standard InChI is InChI=1S/C15H20N2O3/c1-9-7-12(10(2)20-9)15(17-16)11-5-6-13(18-3)14(8-11)19-4/h5-8,15,17H,16H2,1-4H3. The Morgan fingerprint density at radius 1 is 1.10 bits per heavy atom. The maximum absolute atomic E-state index is 5.71. The number of furan rings is 1. The van der Waals surface area contributed by atoms with E-state index in [1.54, 1.807) is 14.2 Å². The molecule has 0 aliphatic carbocycles. The summed E-state index contributed by atoms with van der Waals surface area (Å²) in [6.07, 6.45) is 0. The number of hydrogen-bond acceptors (Lipinski definition) is 5. The molecule has 0 amide bonds. The number of benzene rings is 1. The molecule has 0 aliphatic rings. The first-order valence-electron chi connectivity index (χ1n) is 6.35. The van der Waals surface area contributed by atoms with Crippen molar-refractivity contribution >= 4 is 0 Å². The molecule has 1 aromatic heterocycles. The molecule has 0 radical (unpaired) electrons. The van der Waals surface area contributed by atoms with Crippen molar-refractivity contribution in [1.29, 1.82) is 0 Å². The van der Waals surface area contributed by atoms with Gasteiger partial charge in [0.25, 0.3) is 0 Å². The molecule has 5 heteroatoms. The van der Waals surface area contributed by atoms with Crippen LogP contribution in [0.5, 0.6) is 11.5 Å². The van der Waals surface area contributed by atoms with Crippen LogP contribution in [-0.2, 0) is 0 Å². The quantitative estimate of drug-likeness (QED) is 0.648. The lowest BCUT2D eigenvalue weighted by Gasteiger charge is -2.17. The molecule has 0 aliphatic heterocycles. The highest BCUT2D eigenvalue weighted by Crippen LogP contribution is 2.33. The van der Waals surface area contributed by atoms with Gasteiger partial charge in [0.1, 0.15) is 11.5 Å². The second-order valence-electron chi connectivity index (χ2n) is 4.58. The van der Waals surface area contributed by atoms with Crippen LogP contribution in [0.3, 0.4) is 0 Å². The first kappa shape index (κ1) is 14.4. The number of hydrazine groups is 1. The molecule has 2 rings (SSSR count). The van der Waals surface area contributed by atoms with E-state index in [0.717, 1.165) is 22.6 Å². The number of ether oxygens (including phenoxy) is 2. The molecule has 0 spiro atoms. The van der Waals surface area contributed by atoms with E-state index in [-0.39, 0.29) is 6.04 Å². The molecule has 0 saturated carbocycles. The molecule has 20 heavy (non-hydrogen) atoms. The summed E-state index contributed by atoms with van der Waals surface area (Å²) in [6, 6.07) is 7.54. The van der Waals surface area contributed by atoms with Gasteiger partial charge in [-0.05, 0) is 37.6 Å². The maximum Gasteiger partial charge on any atom is 0.161 e. The number of aryl methyl sites for hydroxylation is 2. The van der Waals surface area contributed by atoms with Crippen molar-refractivity contribution in [2.24, 2.45) is 5.84 Å². The molecule has 0 saturated heterocycles. The van der Waals surface area contributed by atoms with Gasteiger partial charge in [-0.3, -0.25) is 5.84 Å². The molecular weight excluding hydrogens is 256 g/mol. The van der Waals surface area contributed by atoms with Gasteiger partial charge in [0.15, 0.2) is 11.5 Å². The predicted octanol–water partition coefficient (Wildman–Crippen LogP) is 2.47. The van der Waals surface area contributed by atoms with Crippen LogP contribution in [0.1, 0.15) is 28.7 Å². The smallest absolute Gasteiger partial charge is 0.161 e. The zero-order valence-corrected chi connectivity index (χ0v) is 12.2. The van der Waals surface area contributed by atoms with Crippen LogP contribution < -0.4 is 20.7 Å². The minimum absolute atomic E-state index is 0.160. The van der Waals surface area contributed by atoms with Gasteiger partial charge in [-0.15, -0.1) is 0 Å². The van der Waals surface area contributed by atoms with Crippen molar-refractivity contribution < 1.29 is 13.9 Å². The molecule has 1 heterocycles. The highest BCUT2D eigenvalue weighted by atomic mass is 16.5. The van der Waals surface area contributed by atoms with Crippen molar-refractivity contribution in [2.75, 3.05) is 14.2 Å². The lowest BCUT2D eigenvalue weighted by atomic mass is 9.99. The first-order chi connectivity index (χ1) is 9.60. The van der Waals surface area contributed by atoms with Gasteiger partial charge in [0.05, 0.1) is 20.3 Å². The largest absolute Gasteiger partial charge is 0.493 e. The number of methoxy groups -OCH3 is 2. The molecule has 2 aromatic rings. The lowest BCUT2D eigenvalue weighted by Crippen LogP contribution is -2.29. The summed E-state index contributed by atoms with van der Waals surface area (Å²) in [7, 11) is 3.22. The average molecular weight is 276 g/mol. The number of rotatable bonds is 5. The predicted molar refractivity (Wildman–Crippen MR) is 76.9 cm³/mol. The van der Waals surface area contributed by atoms with E-state index in [1.165, 1.54) is 0 Å². The van der Waals surface area contributed by atoms with Crippen LogP contribution in [0.2, 0.25) is 0 Å². The molecule has 0 fully saturated rings. The molecule has 0 bridgehead atoms. The van der Waals surface area contributed by atoms with E-state index in [4.69, 9.17) is 19.7 Å². The van der Waals surface area contributed by atoms with Crippen molar-refractivity contribution in [3.8, 4) is 11.5 Å². The Bertz CT molecular complexity index is 593. The number of nitrogens with one attached hydrogen (secondary N) is 1. The Morgan fingerprint density at radius 2 is 1.80 bits per heavy atom. The van der Waals surface area contributed by atoms with Crippen molar-refractivity contribution in [1.82, 2.24) is 5.43 Å². The van der Waals surface area contributed by atoms with Gasteiger partial charge >= 0.3 is 0 Å². The van der Waals surface area contributed by atoms with Gasteiger partial charge in [-0.2, -0.15) is 0 Å². The minimum Gasteiger partial charge on any atom is -0.493 e. The van der Waals surface area contributed by atoms with Crippen LogP contribution in [-0.4, -0.2) is 14.2 Å². The van der Waals surface area contributed by atoms with Crippen LogP contribution >= 0.6 is 0 Å². The topological polar surface area (TPSA) is 69.7 Å². The summed E-state index contributed by atoms with van der Waals surface area (Å²) in [5.74, 6) is 8.78. The molecular formula is C15H20N2O3. The minimum atomic E-state index is -0.160. The third-order valence-corrected chi connectivity index (χ3v) is 3.30. The van der Waals surface area contributed by atoms with Crippen LogP contribution in [0, 0.1) is 13.8 Å². The van der Waals surface area contributed by atoms with Crippen molar-refractivity contribution in [2.45, 2.75) is 19.9 Å². The SMILES string of the molecule is COc1ccc(C(NN)c2cc(C)oc2C)cc1OC. The number of hydrogen-bond donors (Lipinski definition) is 2. The second kappa shape index (κ2) is 5.98. The van der Waals surface area contributed by atoms with Gasteiger partial charge in [-0.1, -0.05) is 6.07 Å². The summed E-state index contributed by atoms with van der Waals surface area (Å²) < 4.78 is 16.1. The van der Waals surface area contributed by atoms with Crippen LogP contribution in [0.4, 0.5) is 0 Å². The molecule has 3 N–H and O–H groups in total. The normalized spacial score (nSPS) is 12.2. The first-order valence-corrected chi connectivity index (χ1v) is 6.35. The Morgan fingerprint density at radius 3 is 2.30 bits per heavy atom. The zero-order valence-electron chi connectivity index (χ0n) is 12.2. The summed E-state index contributed by atoms with van der Waals surface area (Å²) >= 11 is 0. The van der Waals surface area contributed by atoms with E-state index in [1.807, 2.05) is 38.1 Å². The van der Waals surface area contributed by atoms with Gasteiger partial charge in [0.2, 0.25) is 0 Å². The fourth-order valence-corrected chi connectivity index (χ4v) is 2.34. The highest BCUT2D eigenvalue weighted by molar-refractivity contribution is 5.46. The summed E-state index contributed by atoms with van der Waals surface area (Å²) in [5, 5.41) is 0. The Kier molecular flexibility index (Phi) is 4.32.